The van der Waals surface area contributed by atoms with E-state index in [2.05, 4.69) is 25.9 Å². The maximum Gasteiger partial charge on any atom is 0.214 e. The number of hydrogen-bond acceptors (Lipinski definition) is 4. The van der Waals surface area contributed by atoms with Gasteiger partial charge in [0.25, 0.3) is 0 Å². The Morgan fingerprint density at radius 3 is 2.81 bits per heavy atom. The predicted molar refractivity (Wildman–Crippen MR) is 82.3 cm³/mol. The number of hydrogen-bond donors (Lipinski definition) is 0. The van der Waals surface area contributed by atoms with Crippen molar-refractivity contribution in [3.05, 3.63) is 52.5 Å². The number of oxazole rings is 1. The highest BCUT2D eigenvalue weighted by atomic mass is 79.9. The van der Waals surface area contributed by atoms with Crippen LogP contribution in [-0.2, 0) is 6.61 Å². The Morgan fingerprint density at radius 1 is 1.14 bits per heavy atom. The van der Waals surface area contributed by atoms with E-state index >= 15 is 0 Å². The summed E-state index contributed by atoms with van der Waals surface area (Å²) in [4.78, 5) is 8.82. The Balaban J connectivity index is 1.60. The minimum atomic E-state index is 0.417. The number of fused-ring (bicyclic) bond motifs is 1. The molecule has 0 unspecified atom stereocenters. The first-order chi connectivity index (χ1) is 10.3. The molecule has 2 heterocycles. The summed E-state index contributed by atoms with van der Waals surface area (Å²) in [5.41, 5.74) is 2.73. The molecule has 21 heavy (non-hydrogen) atoms. The molecule has 4 nitrogen and oxygen atoms in total. The number of pyridine rings is 1. The summed E-state index contributed by atoms with van der Waals surface area (Å²) in [6.45, 7) is 0.417. The minimum Gasteiger partial charge on any atom is -0.473 e. The molecule has 0 radical (unpaired) electrons. The number of halogens is 1. The molecular formula is C16H13BrN2O2. The van der Waals surface area contributed by atoms with E-state index in [-0.39, 0.29) is 0 Å². The second kappa shape index (κ2) is 5.15. The lowest BCUT2D eigenvalue weighted by atomic mass is 10.2. The van der Waals surface area contributed by atoms with Crippen LogP contribution in [0, 0.1) is 0 Å². The molecule has 106 valence electrons. The average molecular weight is 345 g/mol. The summed E-state index contributed by atoms with van der Waals surface area (Å²) in [5.74, 6) is 1.96. The minimum absolute atomic E-state index is 0.417. The number of rotatable bonds is 4. The van der Waals surface area contributed by atoms with Gasteiger partial charge in [0.1, 0.15) is 16.7 Å². The summed E-state index contributed by atoms with van der Waals surface area (Å²) < 4.78 is 12.4. The summed E-state index contributed by atoms with van der Waals surface area (Å²) in [5, 5.41) is 0. The van der Waals surface area contributed by atoms with E-state index in [1.807, 2.05) is 36.4 Å². The fraction of sp³-hybridized carbons (Fsp3) is 0.250. The topological polar surface area (TPSA) is 48.2 Å². The maximum absolute atomic E-state index is 5.91. The molecule has 1 aliphatic carbocycles. The molecule has 2 aromatic heterocycles. The molecule has 1 aliphatic rings. The molecule has 0 atom stereocenters. The highest BCUT2D eigenvalue weighted by Gasteiger charge is 2.29. The highest BCUT2D eigenvalue weighted by molar-refractivity contribution is 9.10. The van der Waals surface area contributed by atoms with Crippen LogP contribution in [0.1, 0.15) is 30.2 Å². The Labute approximate surface area is 130 Å². The van der Waals surface area contributed by atoms with Gasteiger partial charge in [-0.05, 0) is 40.9 Å². The standard InChI is InChI=1S/C16H13BrN2O2/c17-13-5-2-6-14(19-13)20-9-11-3-1-4-12-15(11)21-16(18-12)10-7-8-10/h1-6,10H,7-9H2. The first-order valence-electron chi connectivity index (χ1n) is 6.93. The van der Waals surface area contributed by atoms with Crippen LogP contribution in [0.2, 0.25) is 0 Å². The summed E-state index contributed by atoms with van der Waals surface area (Å²) in [7, 11) is 0. The summed E-state index contributed by atoms with van der Waals surface area (Å²) in [6, 6.07) is 11.6. The molecule has 4 rings (SSSR count). The summed E-state index contributed by atoms with van der Waals surface area (Å²) in [6.07, 6.45) is 2.36. The molecule has 3 aromatic rings. The molecule has 0 amide bonds. The fourth-order valence-corrected chi connectivity index (χ4v) is 2.59. The average Bonchev–Trinajstić information content (AvgIpc) is 3.24. The van der Waals surface area contributed by atoms with E-state index in [4.69, 9.17) is 9.15 Å². The van der Waals surface area contributed by atoms with Crippen molar-refractivity contribution in [2.75, 3.05) is 0 Å². The molecule has 0 N–H and O–H groups in total. The van der Waals surface area contributed by atoms with Gasteiger partial charge in [-0.3, -0.25) is 0 Å². The van der Waals surface area contributed by atoms with Crippen molar-refractivity contribution in [2.45, 2.75) is 25.4 Å². The number of para-hydroxylation sites is 1. The Kier molecular flexibility index (Phi) is 3.15. The van der Waals surface area contributed by atoms with Gasteiger partial charge in [0.2, 0.25) is 5.88 Å². The lowest BCUT2D eigenvalue weighted by Crippen LogP contribution is -1.97. The van der Waals surface area contributed by atoms with Gasteiger partial charge in [0.05, 0.1) is 0 Å². The van der Waals surface area contributed by atoms with E-state index in [9.17, 15) is 0 Å². The van der Waals surface area contributed by atoms with Gasteiger partial charge in [-0.1, -0.05) is 18.2 Å². The smallest absolute Gasteiger partial charge is 0.214 e. The highest BCUT2D eigenvalue weighted by Crippen LogP contribution is 2.40. The van der Waals surface area contributed by atoms with Crippen molar-refractivity contribution in [2.24, 2.45) is 0 Å². The largest absolute Gasteiger partial charge is 0.473 e. The van der Waals surface area contributed by atoms with Gasteiger partial charge in [0, 0.05) is 17.5 Å². The second-order valence-corrected chi connectivity index (χ2v) is 5.99. The zero-order valence-electron chi connectivity index (χ0n) is 11.3. The summed E-state index contributed by atoms with van der Waals surface area (Å²) >= 11 is 3.33. The van der Waals surface area contributed by atoms with Crippen LogP contribution < -0.4 is 4.74 Å². The zero-order chi connectivity index (χ0) is 14.2. The van der Waals surface area contributed by atoms with Crippen molar-refractivity contribution < 1.29 is 9.15 Å². The lowest BCUT2D eigenvalue weighted by molar-refractivity contribution is 0.293. The number of nitrogens with zero attached hydrogens (tertiary/aromatic N) is 2. The van der Waals surface area contributed by atoms with Gasteiger partial charge in [-0.2, -0.15) is 0 Å². The molecule has 1 saturated carbocycles. The van der Waals surface area contributed by atoms with Crippen molar-refractivity contribution in [3.8, 4) is 5.88 Å². The van der Waals surface area contributed by atoms with Crippen LogP contribution in [0.15, 0.2) is 45.4 Å². The molecular weight excluding hydrogens is 332 g/mol. The second-order valence-electron chi connectivity index (χ2n) is 5.18. The molecule has 1 aromatic carbocycles. The molecule has 5 heteroatoms. The van der Waals surface area contributed by atoms with Gasteiger partial charge >= 0.3 is 0 Å². The monoisotopic (exact) mass is 344 g/mol. The third-order valence-electron chi connectivity index (χ3n) is 3.50. The fourth-order valence-electron chi connectivity index (χ4n) is 2.26. The van der Waals surface area contributed by atoms with Crippen LogP contribution in [0.25, 0.3) is 11.1 Å². The number of aromatic nitrogens is 2. The van der Waals surface area contributed by atoms with Gasteiger partial charge in [-0.25, -0.2) is 9.97 Å². The normalized spacial score (nSPS) is 14.5. The van der Waals surface area contributed by atoms with Crippen molar-refractivity contribution in [3.63, 3.8) is 0 Å². The van der Waals surface area contributed by atoms with Gasteiger partial charge < -0.3 is 9.15 Å². The van der Waals surface area contributed by atoms with Crippen molar-refractivity contribution in [1.29, 1.82) is 0 Å². The number of ether oxygens (including phenoxy) is 1. The van der Waals surface area contributed by atoms with Gasteiger partial charge in [0.15, 0.2) is 11.5 Å². The van der Waals surface area contributed by atoms with E-state index in [0.29, 0.717) is 18.4 Å². The predicted octanol–water partition coefficient (Wildman–Crippen LogP) is 4.44. The van der Waals surface area contributed by atoms with Gasteiger partial charge in [-0.15, -0.1) is 0 Å². The van der Waals surface area contributed by atoms with Crippen LogP contribution in [-0.4, -0.2) is 9.97 Å². The SMILES string of the molecule is Brc1cccc(OCc2cccc3nc(C4CC4)oc23)n1. The van der Waals surface area contributed by atoms with Crippen molar-refractivity contribution in [1.82, 2.24) is 9.97 Å². The Hall–Kier alpha value is -1.88. The van der Waals surface area contributed by atoms with Crippen LogP contribution >= 0.6 is 15.9 Å². The molecule has 1 fully saturated rings. The van der Waals surface area contributed by atoms with E-state index < -0.39 is 0 Å². The molecule has 0 saturated heterocycles. The Morgan fingerprint density at radius 2 is 2.00 bits per heavy atom. The lowest BCUT2D eigenvalue weighted by Gasteiger charge is -2.05. The van der Waals surface area contributed by atoms with Crippen LogP contribution in [0.5, 0.6) is 5.88 Å². The van der Waals surface area contributed by atoms with E-state index in [1.54, 1.807) is 0 Å². The maximum atomic E-state index is 5.91. The third kappa shape index (κ3) is 2.65. The first-order valence-corrected chi connectivity index (χ1v) is 7.72. The molecule has 0 aliphatic heterocycles. The third-order valence-corrected chi connectivity index (χ3v) is 3.95. The Bertz CT molecular complexity index is 796. The van der Waals surface area contributed by atoms with E-state index in [1.165, 1.54) is 12.8 Å². The first kappa shape index (κ1) is 12.8. The zero-order valence-corrected chi connectivity index (χ0v) is 12.8. The number of benzene rings is 1. The van der Waals surface area contributed by atoms with Crippen molar-refractivity contribution >= 4 is 27.0 Å². The molecule has 0 spiro atoms. The van der Waals surface area contributed by atoms with Crippen LogP contribution in [0.4, 0.5) is 0 Å². The van der Waals surface area contributed by atoms with Crippen LogP contribution in [0.3, 0.4) is 0 Å². The molecule has 0 bridgehead atoms. The quantitative estimate of drug-likeness (QED) is 0.656. The van der Waals surface area contributed by atoms with E-state index in [0.717, 1.165) is 27.2 Å².